The van der Waals surface area contributed by atoms with E-state index in [1.807, 2.05) is 6.92 Å². The lowest BCUT2D eigenvalue weighted by Gasteiger charge is -2.33. The molecule has 0 aromatic rings. The van der Waals surface area contributed by atoms with Gasteiger partial charge in [0.15, 0.2) is 0 Å². The van der Waals surface area contributed by atoms with E-state index in [1.54, 1.807) is 6.92 Å². The average Bonchev–Trinajstić information content (AvgIpc) is 2.03. The Morgan fingerprint density at radius 2 is 1.67 bits per heavy atom. The van der Waals surface area contributed by atoms with E-state index < -0.39 is 17.8 Å². The lowest BCUT2D eigenvalue weighted by atomic mass is 9.88. The fourth-order valence-electron chi connectivity index (χ4n) is 1.20. The standard InChI is InChI=1S/C9H20O3/c1-4-6-8(11)9(3,12)7(10)5-2/h7-8,10-12H,4-6H2,1-3H3. The lowest BCUT2D eigenvalue weighted by molar-refractivity contribution is -0.137. The van der Waals surface area contributed by atoms with Gasteiger partial charge in [0.2, 0.25) is 0 Å². The first-order chi connectivity index (χ1) is 5.46. The third-order valence-electron chi connectivity index (χ3n) is 2.30. The second-order valence-corrected chi connectivity index (χ2v) is 3.45. The van der Waals surface area contributed by atoms with Crippen LogP contribution in [0.25, 0.3) is 0 Å². The molecule has 0 saturated heterocycles. The van der Waals surface area contributed by atoms with Crippen LogP contribution in [0.5, 0.6) is 0 Å². The van der Waals surface area contributed by atoms with Crippen LogP contribution in [0.3, 0.4) is 0 Å². The first kappa shape index (κ1) is 11.9. The molecule has 0 amide bonds. The maximum atomic E-state index is 9.68. The van der Waals surface area contributed by atoms with E-state index in [1.165, 1.54) is 6.92 Å². The Morgan fingerprint density at radius 1 is 1.17 bits per heavy atom. The first-order valence-electron chi connectivity index (χ1n) is 4.55. The summed E-state index contributed by atoms with van der Waals surface area (Å²) < 4.78 is 0. The molecule has 3 N–H and O–H groups in total. The van der Waals surface area contributed by atoms with E-state index in [4.69, 9.17) is 0 Å². The second kappa shape index (κ2) is 4.80. The predicted octanol–water partition coefficient (Wildman–Crippen LogP) is 0.669. The number of aliphatic hydroxyl groups is 3. The van der Waals surface area contributed by atoms with E-state index in [0.29, 0.717) is 12.8 Å². The van der Waals surface area contributed by atoms with Crippen LogP contribution < -0.4 is 0 Å². The molecule has 0 fully saturated rings. The smallest absolute Gasteiger partial charge is 0.113 e. The molecular formula is C9H20O3. The van der Waals surface area contributed by atoms with Gasteiger partial charge < -0.3 is 15.3 Å². The van der Waals surface area contributed by atoms with Crippen molar-refractivity contribution in [3.8, 4) is 0 Å². The van der Waals surface area contributed by atoms with Crippen LogP contribution in [-0.2, 0) is 0 Å². The molecule has 0 aromatic carbocycles. The van der Waals surface area contributed by atoms with Crippen molar-refractivity contribution in [3.63, 3.8) is 0 Å². The van der Waals surface area contributed by atoms with Crippen molar-refractivity contribution in [2.24, 2.45) is 0 Å². The van der Waals surface area contributed by atoms with Crippen LogP contribution in [0.4, 0.5) is 0 Å². The molecule has 74 valence electrons. The third kappa shape index (κ3) is 2.73. The molecule has 0 spiro atoms. The minimum atomic E-state index is -1.37. The van der Waals surface area contributed by atoms with Gasteiger partial charge in [0.1, 0.15) is 5.60 Å². The van der Waals surface area contributed by atoms with E-state index >= 15 is 0 Å². The molecule has 0 heterocycles. The fraction of sp³-hybridized carbons (Fsp3) is 1.00. The van der Waals surface area contributed by atoms with Crippen molar-refractivity contribution in [3.05, 3.63) is 0 Å². The van der Waals surface area contributed by atoms with Gasteiger partial charge in [0, 0.05) is 0 Å². The van der Waals surface area contributed by atoms with Crippen LogP contribution in [0.15, 0.2) is 0 Å². The summed E-state index contributed by atoms with van der Waals surface area (Å²) in [5.41, 5.74) is -1.37. The number of hydrogen-bond acceptors (Lipinski definition) is 3. The molecule has 3 unspecified atom stereocenters. The molecule has 12 heavy (non-hydrogen) atoms. The molecule has 0 aromatic heterocycles. The van der Waals surface area contributed by atoms with Crippen molar-refractivity contribution >= 4 is 0 Å². The summed E-state index contributed by atoms with van der Waals surface area (Å²) in [4.78, 5) is 0. The zero-order valence-corrected chi connectivity index (χ0v) is 8.12. The molecule has 3 nitrogen and oxygen atoms in total. The van der Waals surface area contributed by atoms with Gasteiger partial charge >= 0.3 is 0 Å². The highest BCUT2D eigenvalue weighted by atomic mass is 16.4. The Hall–Kier alpha value is -0.120. The molecular weight excluding hydrogens is 156 g/mol. The maximum Gasteiger partial charge on any atom is 0.113 e. The minimum Gasteiger partial charge on any atom is -0.390 e. The molecule has 3 atom stereocenters. The van der Waals surface area contributed by atoms with Crippen LogP contribution >= 0.6 is 0 Å². The minimum absolute atomic E-state index is 0.452. The van der Waals surface area contributed by atoms with Gasteiger partial charge in [-0.3, -0.25) is 0 Å². The van der Waals surface area contributed by atoms with E-state index in [0.717, 1.165) is 6.42 Å². The topological polar surface area (TPSA) is 60.7 Å². The predicted molar refractivity (Wildman–Crippen MR) is 47.8 cm³/mol. The summed E-state index contributed by atoms with van der Waals surface area (Å²) in [6.07, 6.45) is 0.0856. The largest absolute Gasteiger partial charge is 0.390 e. The Labute approximate surface area is 74.0 Å². The third-order valence-corrected chi connectivity index (χ3v) is 2.30. The molecule has 0 rings (SSSR count). The second-order valence-electron chi connectivity index (χ2n) is 3.45. The number of rotatable bonds is 5. The van der Waals surface area contributed by atoms with Gasteiger partial charge in [-0.1, -0.05) is 20.3 Å². The fourth-order valence-corrected chi connectivity index (χ4v) is 1.20. The molecule has 0 aliphatic heterocycles. The summed E-state index contributed by atoms with van der Waals surface area (Å²) in [5, 5.41) is 28.5. The highest BCUT2D eigenvalue weighted by molar-refractivity contribution is 4.87. The van der Waals surface area contributed by atoms with Crippen LogP contribution in [-0.4, -0.2) is 33.1 Å². The highest BCUT2D eigenvalue weighted by Gasteiger charge is 2.36. The Kier molecular flexibility index (Phi) is 4.75. The van der Waals surface area contributed by atoms with E-state index in [2.05, 4.69) is 0 Å². The van der Waals surface area contributed by atoms with Crippen molar-refractivity contribution < 1.29 is 15.3 Å². The lowest BCUT2D eigenvalue weighted by Crippen LogP contribution is -2.49. The van der Waals surface area contributed by atoms with Gasteiger partial charge in [-0.2, -0.15) is 0 Å². The van der Waals surface area contributed by atoms with Crippen LogP contribution in [0.2, 0.25) is 0 Å². The number of hydrogen-bond donors (Lipinski definition) is 3. The summed E-state index contributed by atoms with van der Waals surface area (Å²) in [5.74, 6) is 0. The first-order valence-corrected chi connectivity index (χ1v) is 4.55. The van der Waals surface area contributed by atoms with Crippen LogP contribution in [0.1, 0.15) is 40.0 Å². The normalized spacial score (nSPS) is 21.5. The molecule has 0 aliphatic carbocycles. The molecule has 3 heteroatoms. The molecule has 0 radical (unpaired) electrons. The van der Waals surface area contributed by atoms with E-state index in [-0.39, 0.29) is 0 Å². The van der Waals surface area contributed by atoms with Gasteiger partial charge in [0.05, 0.1) is 12.2 Å². The number of aliphatic hydroxyl groups excluding tert-OH is 2. The zero-order valence-electron chi connectivity index (χ0n) is 8.12. The van der Waals surface area contributed by atoms with Crippen LogP contribution in [0, 0.1) is 0 Å². The van der Waals surface area contributed by atoms with Crippen molar-refractivity contribution in [2.75, 3.05) is 0 Å². The van der Waals surface area contributed by atoms with Crippen molar-refractivity contribution in [1.82, 2.24) is 0 Å². The van der Waals surface area contributed by atoms with Gasteiger partial charge in [-0.05, 0) is 19.8 Å². The molecule has 0 bridgehead atoms. The maximum absolute atomic E-state index is 9.68. The monoisotopic (exact) mass is 176 g/mol. The highest BCUT2D eigenvalue weighted by Crippen LogP contribution is 2.20. The van der Waals surface area contributed by atoms with Gasteiger partial charge in [0.25, 0.3) is 0 Å². The quantitative estimate of drug-likeness (QED) is 0.577. The Morgan fingerprint density at radius 3 is 2.00 bits per heavy atom. The van der Waals surface area contributed by atoms with Crippen molar-refractivity contribution in [1.29, 1.82) is 0 Å². The zero-order chi connectivity index (χ0) is 9.78. The van der Waals surface area contributed by atoms with Crippen molar-refractivity contribution in [2.45, 2.75) is 57.8 Å². The van der Waals surface area contributed by atoms with E-state index in [9.17, 15) is 15.3 Å². The summed E-state index contributed by atoms with van der Waals surface area (Å²) in [6, 6.07) is 0. The Bertz CT molecular complexity index is 123. The summed E-state index contributed by atoms with van der Waals surface area (Å²) >= 11 is 0. The van der Waals surface area contributed by atoms with Gasteiger partial charge in [-0.15, -0.1) is 0 Å². The Balaban J connectivity index is 4.16. The summed E-state index contributed by atoms with van der Waals surface area (Å²) in [6.45, 7) is 5.18. The van der Waals surface area contributed by atoms with Gasteiger partial charge in [-0.25, -0.2) is 0 Å². The SMILES string of the molecule is CCCC(O)C(C)(O)C(O)CC. The average molecular weight is 176 g/mol. The molecule has 0 aliphatic rings. The summed E-state index contributed by atoms with van der Waals surface area (Å²) in [7, 11) is 0. The molecule has 0 saturated carbocycles.